The number of ether oxygens (including phenoxy) is 1. The molecule has 2 N–H and O–H groups in total. The molecule has 1 aliphatic rings. The van der Waals surface area contributed by atoms with E-state index in [0.29, 0.717) is 4.47 Å². The lowest BCUT2D eigenvalue weighted by molar-refractivity contribution is -0.128. The van der Waals surface area contributed by atoms with Crippen LogP contribution in [0.4, 0.5) is 0 Å². The maximum absolute atomic E-state index is 12.1. The first kappa shape index (κ1) is 15.8. The lowest BCUT2D eigenvalue weighted by atomic mass is 10.2. The minimum atomic E-state index is -1.08. The fraction of sp³-hybridized carbons (Fsp3) is 0.467. The van der Waals surface area contributed by atoms with Crippen molar-refractivity contribution in [2.24, 2.45) is 0 Å². The van der Waals surface area contributed by atoms with Crippen LogP contribution >= 0.6 is 15.9 Å². The van der Waals surface area contributed by atoms with E-state index >= 15 is 0 Å². The summed E-state index contributed by atoms with van der Waals surface area (Å²) in [5.41, 5.74) is 0.0405. The Morgan fingerprint density at radius 1 is 1.38 bits per heavy atom. The summed E-state index contributed by atoms with van der Waals surface area (Å²) in [6, 6.07) is 4.84. The molecular formula is C15H18BrNO4. The van der Waals surface area contributed by atoms with Gasteiger partial charge < -0.3 is 15.2 Å². The molecule has 1 unspecified atom stereocenters. The Morgan fingerprint density at radius 3 is 2.67 bits per heavy atom. The molecular weight excluding hydrogens is 338 g/mol. The second-order valence-electron chi connectivity index (χ2n) is 5.20. The Labute approximate surface area is 131 Å². The Morgan fingerprint density at radius 2 is 2.05 bits per heavy atom. The van der Waals surface area contributed by atoms with Gasteiger partial charge in [-0.25, -0.2) is 4.79 Å². The SMILES string of the molecule is CC(Oc1cc(Br)ccc1C(=O)O)C(=O)NC1CCCC1. The van der Waals surface area contributed by atoms with Gasteiger partial charge in [0.25, 0.3) is 5.91 Å². The van der Waals surface area contributed by atoms with Crippen molar-refractivity contribution in [3.63, 3.8) is 0 Å². The van der Waals surface area contributed by atoms with E-state index < -0.39 is 12.1 Å². The van der Waals surface area contributed by atoms with Crippen LogP contribution in [0.1, 0.15) is 43.0 Å². The zero-order chi connectivity index (χ0) is 15.4. The molecule has 1 atom stereocenters. The van der Waals surface area contributed by atoms with Gasteiger partial charge >= 0.3 is 5.97 Å². The number of carboxylic acid groups (broad SMARTS) is 1. The van der Waals surface area contributed by atoms with Crippen LogP contribution in [0.2, 0.25) is 0 Å². The summed E-state index contributed by atoms with van der Waals surface area (Å²) in [7, 11) is 0. The predicted octanol–water partition coefficient (Wildman–Crippen LogP) is 2.97. The number of benzene rings is 1. The monoisotopic (exact) mass is 355 g/mol. The van der Waals surface area contributed by atoms with Crippen molar-refractivity contribution >= 4 is 27.8 Å². The fourth-order valence-corrected chi connectivity index (χ4v) is 2.74. The van der Waals surface area contributed by atoms with E-state index in [0.717, 1.165) is 25.7 Å². The molecule has 1 aromatic rings. The Hall–Kier alpha value is -1.56. The molecule has 1 amide bonds. The highest BCUT2D eigenvalue weighted by molar-refractivity contribution is 9.10. The molecule has 0 heterocycles. The van der Waals surface area contributed by atoms with E-state index in [4.69, 9.17) is 9.84 Å². The van der Waals surface area contributed by atoms with Crippen LogP contribution in [0.3, 0.4) is 0 Å². The lowest BCUT2D eigenvalue weighted by Crippen LogP contribution is -2.41. The predicted molar refractivity (Wildman–Crippen MR) is 81.6 cm³/mol. The number of halogens is 1. The molecule has 6 heteroatoms. The average molecular weight is 356 g/mol. The van der Waals surface area contributed by atoms with E-state index in [1.54, 1.807) is 19.1 Å². The Balaban J connectivity index is 2.04. The highest BCUT2D eigenvalue weighted by atomic mass is 79.9. The first-order valence-electron chi connectivity index (χ1n) is 6.97. The Bertz CT molecular complexity index is 540. The van der Waals surface area contributed by atoms with Crippen molar-refractivity contribution < 1.29 is 19.4 Å². The molecule has 0 aliphatic heterocycles. The third-order valence-electron chi connectivity index (χ3n) is 3.55. The number of amides is 1. The molecule has 1 aromatic carbocycles. The number of carbonyl (C=O) groups excluding carboxylic acids is 1. The molecule has 1 fully saturated rings. The van der Waals surface area contributed by atoms with Crippen molar-refractivity contribution in [3.05, 3.63) is 28.2 Å². The molecule has 0 aromatic heterocycles. The summed E-state index contributed by atoms with van der Waals surface area (Å²) >= 11 is 3.27. The fourth-order valence-electron chi connectivity index (χ4n) is 2.40. The Kier molecular flexibility index (Phi) is 5.22. The van der Waals surface area contributed by atoms with Gasteiger partial charge in [-0.2, -0.15) is 0 Å². The minimum Gasteiger partial charge on any atom is -0.480 e. The zero-order valence-electron chi connectivity index (χ0n) is 11.8. The largest absolute Gasteiger partial charge is 0.480 e. The van der Waals surface area contributed by atoms with Crippen LogP contribution in [-0.2, 0) is 4.79 Å². The summed E-state index contributed by atoms with van der Waals surface area (Å²) < 4.78 is 6.24. The number of rotatable bonds is 5. The van der Waals surface area contributed by atoms with Gasteiger partial charge in [-0.15, -0.1) is 0 Å². The van der Waals surface area contributed by atoms with E-state index in [1.807, 2.05) is 0 Å². The van der Waals surface area contributed by atoms with Crippen molar-refractivity contribution in [1.29, 1.82) is 0 Å². The van der Waals surface area contributed by atoms with Crippen LogP contribution in [0.15, 0.2) is 22.7 Å². The van der Waals surface area contributed by atoms with Crippen molar-refractivity contribution in [3.8, 4) is 5.75 Å². The summed E-state index contributed by atoms with van der Waals surface area (Å²) in [6.07, 6.45) is 3.52. The molecule has 0 spiro atoms. The molecule has 5 nitrogen and oxygen atoms in total. The minimum absolute atomic E-state index is 0.0405. The maximum Gasteiger partial charge on any atom is 0.339 e. The van der Waals surface area contributed by atoms with Crippen molar-refractivity contribution in [2.45, 2.75) is 44.8 Å². The molecule has 1 aliphatic carbocycles. The van der Waals surface area contributed by atoms with Crippen molar-refractivity contribution in [1.82, 2.24) is 5.32 Å². The number of aromatic carboxylic acids is 1. The number of hydrogen-bond donors (Lipinski definition) is 2. The molecule has 1 saturated carbocycles. The second-order valence-corrected chi connectivity index (χ2v) is 6.11. The van der Waals surface area contributed by atoms with E-state index in [1.165, 1.54) is 6.07 Å². The third kappa shape index (κ3) is 4.20. The molecule has 0 radical (unpaired) electrons. The van der Waals surface area contributed by atoms with E-state index in [9.17, 15) is 9.59 Å². The smallest absolute Gasteiger partial charge is 0.339 e. The second kappa shape index (κ2) is 6.93. The zero-order valence-corrected chi connectivity index (χ0v) is 13.4. The summed E-state index contributed by atoms with van der Waals surface area (Å²) in [4.78, 5) is 23.2. The highest BCUT2D eigenvalue weighted by Crippen LogP contribution is 2.25. The van der Waals surface area contributed by atoms with Crippen LogP contribution < -0.4 is 10.1 Å². The molecule has 0 bridgehead atoms. The van der Waals surface area contributed by atoms with Gasteiger partial charge in [0.15, 0.2) is 6.10 Å². The quantitative estimate of drug-likeness (QED) is 0.851. The normalized spacial score (nSPS) is 16.5. The van der Waals surface area contributed by atoms with Gasteiger partial charge in [-0.3, -0.25) is 4.79 Å². The molecule has 114 valence electrons. The number of hydrogen-bond acceptors (Lipinski definition) is 3. The highest BCUT2D eigenvalue weighted by Gasteiger charge is 2.23. The van der Waals surface area contributed by atoms with Crippen molar-refractivity contribution in [2.75, 3.05) is 0 Å². The number of carboxylic acids is 1. The summed E-state index contributed by atoms with van der Waals surface area (Å²) in [5, 5.41) is 12.1. The van der Waals surface area contributed by atoms with Gasteiger partial charge in [0.2, 0.25) is 0 Å². The van der Waals surface area contributed by atoms with Gasteiger partial charge in [-0.1, -0.05) is 28.8 Å². The van der Waals surface area contributed by atoms with Crippen LogP contribution in [0.25, 0.3) is 0 Å². The molecule has 2 rings (SSSR count). The average Bonchev–Trinajstić information content (AvgIpc) is 2.91. The topological polar surface area (TPSA) is 75.6 Å². The third-order valence-corrected chi connectivity index (χ3v) is 4.04. The standard InChI is InChI=1S/C15H18BrNO4/c1-9(14(18)17-11-4-2-3-5-11)21-13-8-10(16)6-7-12(13)15(19)20/h6-9,11H,2-5H2,1H3,(H,17,18)(H,19,20). The number of nitrogens with one attached hydrogen (secondary N) is 1. The first-order chi connectivity index (χ1) is 9.97. The van der Waals surface area contributed by atoms with Crippen LogP contribution in [0, 0.1) is 0 Å². The number of carbonyl (C=O) groups is 2. The molecule has 21 heavy (non-hydrogen) atoms. The van der Waals surface area contributed by atoms with E-state index in [2.05, 4.69) is 21.2 Å². The van der Waals surface area contributed by atoms with Gasteiger partial charge in [0, 0.05) is 10.5 Å². The first-order valence-corrected chi connectivity index (χ1v) is 7.76. The van der Waals surface area contributed by atoms with Crippen LogP contribution in [0.5, 0.6) is 5.75 Å². The summed E-state index contributed by atoms with van der Waals surface area (Å²) in [6.45, 7) is 1.62. The van der Waals surface area contributed by atoms with E-state index in [-0.39, 0.29) is 23.3 Å². The lowest BCUT2D eigenvalue weighted by Gasteiger charge is -2.19. The van der Waals surface area contributed by atoms with Gasteiger partial charge in [0.05, 0.1) is 0 Å². The van der Waals surface area contributed by atoms with Crippen LogP contribution in [-0.4, -0.2) is 29.1 Å². The maximum atomic E-state index is 12.1. The molecule has 0 saturated heterocycles. The van der Waals surface area contributed by atoms with Gasteiger partial charge in [-0.05, 0) is 38.0 Å². The van der Waals surface area contributed by atoms with Gasteiger partial charge in [0.1, 0.15) is 11.3 Å². The summed E-state index contributed by atoms with van der Waals surface area (Å²) in [5.74, 6) is -1.11.